The Balaban J connectivity index is 2.38. The van der Waals surface area contributed by atoms with Crippen molar-refractivity contribution in [1.29, 1.82) is 0 Å². The fourth-order valence-electron chi connectivity index (χ4n) is 4.01. The highest BCUT2D eigenvalue weighted by Gasteiger charge is 2.38. The molecule has 0 bridgehead atoms. The third-order valence-electron chi connectivity index (χ3n) is 5.07. The van der Waals surface area contributed by atoms with Crippen LogP contribution in [0.2, 0.25) is 0 Å². The molecule has 128 valence electrons. The van der Waals surface area contributed by atoms with Crippen molar-refractivity contribution in [2.75, 3.05) is 29.6 Å². The Bertz CT molecular complexity index is 286. The summed E-state index contributed by atoms with van der Waals surface area (Å²) in [5.41, 5.74) is 0.384. The fourth-order valence-corrected chi connectivity index (χ4v) is 6.83. The van der Waals surface area contributed by atoms with E-state index >= 15 is 0 Å². The van der Waals surface area contributed by atoms with E-state index in [1.165, 1.54) is 29.4 Å². The lowest BCUT2D eigenvalue weighted by molar-refractivity contribution is -0.0210. The molecule has 0 aliphatic carbocycles. The highest BCUT2D eigenvalue weighted by atomic mass is 32.3. The average Bonchev–Trinajstić information content (AvgIpc) is 2.36. The number of nitrogens with one attached hydrogen (secondary N) is 1. The zero-order chi connectivity index (χ0) is 16.1. The van der Waals surface area contributed by atoms with Gasteiger partial charge in [-0.3, -0.25) is 0 Å². The minimum absolute atomic E-state index is 0.192. The van der Waals surface area contributed by atoms with Crippen LogP contribution in [0.3, 0.4) is 0 Å². The summed E-state index contributed by atoms with van der Waals surface area (Å²) in [6.07, 6.45) is 3.92. The van der Waals surface area contributed by atoms with E-state index in [4.69, 9.17) is 4.74 Å². The lowest BCUT2D eigenvalue weighted by Crippen LogP contribution is -2.59. The van der Waals surface area contributed by atoms with Crippen molar-refractivity contribution in [3.63, 3.8) is 0 Å². The first kappa shape index (κ1) is 19.3. The second kappa shape index (κ2) is 7.70. The Hall–Kier alpha value is 0.270. The summed E-state index contributed by atoms with van der Waals surface area (Å²) < 4.78 is 6.26. The Morgan fingerprint density at radius 3 is 1.86 bits per heavy atom. The van der Waals surface area contributed by atoms with Crippen molar-refractivity contribution in [2.24, 2.45) is 0 Å². The van der Waals surface area contributed by atoms with Gasteiger partial charge in [0, 0.05) is 17.7 Å². The summed E-state index contributed by atoms with van der Waals surface area (Å²) in [7, 11) is -0.351. The van der Waals surface area contributed by atoms with Crippen LogP contribution in [0.15, 0.2) is 0 Å². The lowest BCUT2D eigenvalue weighted by Gasteiger charge is -2.46. The predicted octanol–water partition coefficient (Wildman–Crippen LogP) is 4.57. The van der Waals surface area contributed by atoms with Gasteiger partial charge in [-0.15, -0.1) is 0 Å². The van der Waals surface area contributed by atoms with Crippen molar-refractivity contribution in [3.05, 3.63) is 0 Å². The van der Waals surface area contributed by atoms with Crippen LogP contribution in [0.1, 0.15) is 67.7 Å². The molecule has 1 rings (SSSR count). The zero-order valence-corrected chi connectivity index (χ0v) is 16.4. The van der Waals surface area contributed by atoms with Crippen molar-refractivity contribution >= 4 is 10.0 Å². The molecule has 1 aliphatic rings. The Kier molecular flexibility index (Phi) is 7.08. The second-order valence-electron chi connectivity index (χ2n) is 7.94. The van der Waals surface area contributed by atoms with Gasteiger partial charge in [-0.25, -0.2) is 10.0 Å². The number of piperidine rings is 1. The number of hydrogen-bond acceptors (Lipinski definition) is 2. The maximum atomic E-state index is 6.26. The van der Waals surface area contributed by atoms with E-state index in [0.29, 0.717) is 6.10 Å². The standard InChI is InChI=1S/C18H39NOS/c1-8-21(9-2,10-3)13-11-12-20-16-14-17(4,5)19-18(6,7)15-16/h16,19H,8-15H2,1-7H3. The summed E-state index contributed by atoms with van der Waals surface area (Å²) in [4.78, 5) is 0. The van der Waals surface area contributed by atoms with Crippen molar-refractivity contribution in [1.82, 2.24) is 5.32 Å². The predicted molar refractivity (Wildman–Crippen MR) is 99.0 cm³/mol. The van der Waals surface area contributed by atoms with Gasteiger partial charge in [-0.1, -0.05) is 20.8 Å². The van der Waals surface area contributed by atoms with E-state index in [0.717, 1.165) is 19.4 Å². The second-order valence-corrected chi connectivity index (χ2v) is 12.5. The van der Waals surface area contributed by atoms with Gasteiger partial charge in [0.15, 0.2) is 0 Å². The fraction of sp³-hybridized carbons (Fsp3) is 1.00. The number of hydrogen-bond donors (Lipinski definition) is 1. The summed E-state index contributed by atoms with van der Waals surface area (Å²) in [6.45, 7) is 17.3. The topological polar surface area (TPSA) is 21.3 Å². The van der Waals surface area contributed by atoms with Gasteiger partial charge in [0.1, 0.15) is 0 Å². The molecule has 0 atom stereocenters. The molecule has 0 radical (unpaired) electrons. The monoisotopic (exact) mass is 317 g/mol. The van der Waals surface area contributed by atoms with Crippen LogP contribution in [0.25, 0.3) is 0 Å². The maximum Gasteiger partial charge on any atom is 0.0609 e. The molecule has 0 amide bonds. The minimum Gasteiger partial charge on any atom is -0.378 e. The zero-order valence-electron chi connectivity index (χ0n) is 15.6. The Labute approximate surface area is 135 Å². The molecule has 0 unspecified atom stereocenters. The highest BCUT2D eigenvalue weighted by Crippen LogP contribution is 2.47. The molecule has 0 aromatic carbocycles. The number of rotatable bonds is 8. The Morgan fingerprint density at radius 1 is 0.952 bits per heavy atom. The maximum absolute atomic E-state index is 6.26. The highest BCUT2D eigenvalue weighted by molar-refractivity contribution is 8.33. The van der Waals surface area contributed by atoms with Gasteiger partial charge in [0.2, 0.25) is 0 Å². The average molecular weight is 318 g/mol. The molecule has 0 spiro atoms. The van der Waals surface area contributed by atoms with Crippen molar-refractivity contribution < 1.29 is 4.74 Å². The molecule has 1 fully saturated rings. The molecule has 0 aromatic rings. The van der Waals surface area contributed by atoms with E-state index in [2.05, 4.69) is 53.8 Å². The van der Waals surface area contributed by atoms with E-state index in [1.807, 2.05) is 0 Å². The normalized spacial score (nSPS) is 23.2. The van der Waals surface area contributed by atoms with Gasteiger partial charge >= 0.3 is 0 Å². The third-order valence-corrected chi connectivity index (χ3v) is 9.89. The number of ether oxygens (including phenoxy) is 1. The first-order chi connectivity index (χ1) is 9.67. The molecule has 1 aliphatic heterocycles. The molecule has 3 heteroatoms. The van der Waals surface area contributed by atoms with Crippen LogP contribution in [-0.2, 0) is 4.74 Å². The smallest absolute Gasteiger partial charge is 0.0609 e. The first-order valence-electron chi connectivity index (χ1n) is 8.82. The van der Waals surface area contributed by atoms with Crippen LogP contribution in [0.5, 0.6) is 0 Å². The molecule has 1 N–H and O–H groups in total. The molecular weight excluding hydrogens is 278 g/mol. The van der Waals surface area contributed by atoms with Crippen LogP contribution < -0.4 is 5.32 Å². The molecular formula is C18H39NOS. The van der Waals surface area contributed by atoms with E-state index in [1.54, 1.807) is 0 Å². The Morgan fingerprint density at radius 2 is 1.43 bits per heavy atom. The van der Waals surface area contributed by atoms with E-state index < -0.39 is 0 Å². The van der Waals surface area contributed by atoms with Gasteiger partial charge in [0.25, 0.3) is 0 Å². The molecule has 1 heterocycles. The van der Waals surface area contributed by atoms with E-state index in [9.17, 15) is 0 Å². The quantitative estimate of drug-likeness (QED) is 0.662. The molecule has 21 heavy (non-hydrogen) atoms. The minimum atomic E-state index is -0.351. The summed E-state index contributed by atoms with van der Waals surface area (Å²) in [5.74, 6) is 5.54. The van der Waals surface area contributed by atoms with Gasteiger partial charge in [0.05, 0.1) is 6.10 Å². The van der Waals surface area contributed by atoms with E-state index in [-0.39, 0.29) is 21.1 Å². The molecule has 0 saturated carbocycles. The molecule has 0 aromatic heterocycles. The van der Waals surface area contributed by atoms with Crippen LogP contribution >= 0.6 is 10.0 Å². The summed E-state index contributed by atoms with van der Waals surface area (Å²) >= 11 is 0. The van der Waals surface area contributed by atoms with Gasteiger partial charge in [-0.2, -0.15) is 0 Å². The summed E-state index contributed by atoms with van der Waals surface area (Å²) in [6, 6.07) is 0. The first-order valence-corrected chi connectivity index (χ1v) is 11.1. The van der Waals surface area contributed by atoms with Crippen molar-refractivity contribution in [2.45, 2.75) is 84.9 Å². The lowest BCUT2D eigenvalue weighted by atomic mass is 9.81. The molecule has 2 nitrogen and oxygen atoms in total. The molecule has 1 saturated heterocycles. The van der Waals surface area contributed by atoms with Crippen LogP contribution in [0, 0.1) is 0 Å². The van der Waals surface area contributed by atoms with Gasteiger partial charge < -0.3 is 10.1 Å². The SMILES string of the molecule is CCS(CC)(CC)CCCOC1CC(C)(C)NC(C)(C)C1. The summed E-state index contributed by atoms with van der Waals surface area (Å²) in [5, 5.41) is 3.73. The largest absolute Gasteiger partial charge is 0.378 e. The third kappa shape index (κ3) is 6.11. The van der Waals surface area contributed by atoms with Crippen molar-refractivity contribution in [3.8, 4) is 0 Å². The van der Waals surface area contributed by atoms with Crippen LogP contribution in [-0.4, -0.2) is 46.8 Å². The van der Waals surface area contributed by atoms with Gasteiger partial charge in [-0.05, 0) is 70.0 Å². The van der Waals surface area contributed by atoms with Crippen LogP contribution in [0.4, 0.5) is 0 Å².